The van der Waals surface area contributed by atoms with E-state index in [1.165, 1.54) is 22.3 Å². The average molecular weight is 443 g/mol. The minimum Gasteiger partial charge on any atom is -0.299 e. The molecule has 0 N–H and O–H groups in total. The second kappa shape index (κ2) is 12.7. The zero-order valence-corrected chi connectivity index (χ0v) is 20.7. The van der Waals surface area contributed by atoms with E-state index in [0.29, 0.717) is 0 Å². The summed E-state index contributed by atoms with van der Waals surface area (Å²) in [7, 11) is 7.24. The lowest BCUT2D eigenvalue weighted by Crippen LogP contribution is -2.09. The smallest absolute Gasteiger partial charge is 0.102 e. The zero-order chi connectivity index (χ0) is 21.9. The lowest BCUT2D eigenvalue weighted by atomic mass is 10.1. The molecule has 2 aromatic carbocycles. The molecule has 0 radical (unpaired) electrons. The summed E-state index contributed by atoms with van der Waals surface area (Å²) in [6.45, 7) is 8.72. The molecule has 4 nitrogen and oxygen atoms in total. The van der Waals surface area contributed by atoms with Gasteiger partial charge in [0.25, 0.3) is 0 Å². The van der Waals surface area contributed by atoms with Crippen molar-refractivity contribution < 1.29 is 0 Å². The van der Waals surface area contributed by atoms with Crippen LogP contribution < -0.4 is 0 Å². The highest BCUT2D eigenvalue weighted by atomic mass is 33.1. The Kier molecular flexibility index (Phi) is 10.3. The first-order valence-electron chi connectivity index (χ1n) is 10.6. The van der Waals surface area contributed by atoms with E-state index in [1.54, 1.807) is 22.0 Å². The van der Waals surface area contributed by atoms with Crippen LogP contribution >= 0.6 is 22.0 Å². The summed E-state index contributed by atoms with van der Waals surface area (Å²) in [5, 5.41) is 0. The number of benzene rings is 2. The summed E-state index contributed by atoms with van der Waals surface area (Å²) < 4.78 is 4.02. The Morgan fingerprint density at radius 1 is 0.667 bits per heavy atom. The van der Waals surface area contributed by atoms with E-state index in [4.69, 9.17) is 0 Å². The van der Waals surface area contributed by atoms with Crippen molar-refractivity contribution >= 4 is 46.0 Å². The number of rotatable bonds is 11. The molecule has 2 rings (SSSR count). The summed E-state index contributed by atoms with van der Waals surface area (Å²) in [4.78, 5) is 9.35. The molecule has 2 aromatic rings. The molecule has 0 aliphatic carbocycles. The summed E-state index contributed by atoms with van der Waals surface area (Å²) in [6, 6.07) is 13.1. The number of nitrogens with zero attached hydrogens (tertiary/aromatic N) is 4. The maximum Gasteiger partial charge on any atom is 0.102 e. The van der Waals surface area contributed by atoms with Gasteiger partial charge in [0.1, 0.15) is 12.7 Å². The topological polar surface area (TPSA) is 31.2 Å². The van der Waals surface area contributed by atoms with Crippen molar-refractivity contribution in [1.29, 1.82) is 0 Å². The Hall–Kier alpha value is -1.92. The van der Waals surface area contributed by atoms with E-state index in [1.807, 2.05) is 35.4 Å². The third-order valence-electron chi connectivity index (χ3n) is 4.85. The lowest BCUT2D eigenvalue weighted by molar-refractivity contribution is 0.865. The molecule has 30 heavy (non-hydrogen) atoms. The highest BCUT2D eigenvalue weighted by Gasteiger charge is 2.04. The van der Waals surface area contributed by atoms with Crippen molar-refractivity contribution in [2.45, 2.75) is 53.4 Å². The van der Waals surface area contributed by atoms with E-state index < -0.39 is 0 Å². The summed E-state index contributed by atoms with van der Waals surface area (Å²) >= 11 is 0. The second-order valence-corrected chi connectivity index (χ2v) is 9.42. The fraction of sp³-hybridized carbons (Fsp3) is 0.417. The predicted octanol–water partition coefficient (Wildman–Crippen LogP) is 7.03. The number of aliphatic imine (C=N–C) groups is 2. The van der Waals surface area contributed by atoms with Gasteiger partial charge in [0.05, 0.1) is 11.4 Å². The molecule has 0 heterocycles. The molecule has 0 saturated carbocycles. The van der Waals surface area contributed by atoms with Crippen LogP contribution in [0.25, 0.3) is 0 Å². The first-order valence-corrected chi connectivity index (χ1v) is 12.7. The van der Waals surface area contributed by atoms with Crippen LogP contribution in [-0.4, -0.2) is 35.4 Å². The van der Waals surface area contributed by atoms with Crippen molar-refractivity contribution in [3.63, 3.8) is 0 Å². The van der Waals surface area contributed by atoms with Gasteiger partial charge in [0.2, 0.25) is 0 Å². The number of hydrogen-bond donors (Lipinski definition) is 0. The van der Waals surface area contributed by atoms with Gasteiger partial charge in [0.15, 0.2) is 0 Å². The van der Waals surface area contributed by atoms with Crippen LogP contribution in [0.2, 0.25) is 0 Å². The number of hydrogen-bond acceptors (Lipinski definition) is 4. The highest BCUT2D eigenvalue weighted by Crippen LogP contribution is 2.28. The third kappa shape index (κ3) is 7.40. The molecule has 0 unspecified atom stereocenters. The standard InChI is InChI=1S/C24H34N4S2/c1-7-19-11-13-23(21(9-3)15-19)25-17-27(5)29-30-28(6)18-26-24-14-12-20(8-2)16-22(24)10-4/h11-18H,7-10H2,1-6H3. The van der Waals surface area contributed by atoms with E-state index in [-0.39, 0.29) is 0 Å². The van der Waals surface area contributed by atoms with Crippen molar-refractivity contribution in [3.05, 3.63) is 58.7 Å². The molecule has 0 atom stereocenters. The summed E-state index contributed by atoms with van der Waals surface area (Å²) in [6.07, 6.45) is 7.84. The first-order chi connectivity index (χ1) is 14.5. The van der Waals surface area contributed by atoms with Crippen molar-refractivity contribution in [2.75, 3.05) is 14.1 Å². The number of aryl methyl sites for hydroxylation is 4. The van der Waals surface area contributed by atoms with Crippen LogP contribution in [0.3, 0.4) is 0 Å². The van der Waals surface area contributed by atoms with Gasteiger partial charge < -0.3 is 0 Å². The maximum atomic E-state index is 4.68. The Labute approximate surface area is 190 Å². The molecule has 0 bridgehead atoms. The third-order valence-corrected chi connectivity index (χ3v) is 7.19. The molecule has 0 aliphatic heterocycles. The van der Waals surface area contributed by atoms with Crippen LogP contribution in [0, 0.1) is 0 Å². The lowest BCUT2D eigenvalue weighted by Gasteiger charge is -2.15. The normalized spacial score (nSPS) is 11.5. The van der Waals surface area contributed by atoms with E-state index in [0.717, 1.165) is 37.1 Å². The molecule has 0 aliphatic rings. The second-order valence-electron chi connectivity index (χ2n) is 7.07. The molecule has 162 valence electrons. The molecule has 0 fully saturated rings. The van der Waals surface area contributed by atoms with Crippen LogP contribution in [0.15, 0.2) is 46.4 Å². The fourth-order valence-electron chi connectivity index (χ4n) is 2.97. The fourth-order valence-corrected chi connectivity index (χ4v) is 4.21. The zero-order valence-electron chi connectivity index (χ0n) is 19.1. The molecule has 0 spiro atoms. The van der Waals surface area contributed by atoms with Gasteiger partial charge in [-0.1, -0.05) is 52.0 Å². The Morgan fingerprint density at radius 2 is 1.07 bits per heavy atom. The van der Waals surface area contributed by atoms with Gasteiger partial charge in [-0.05, 0) is 60.1 Å². The van der Waals surface area contributed by atoms with Crippen molar-refractivity contribution in [1.82, 2.24) is 8.61 Å². The van der Waals surface area contributed by atoms with Crippen LogP contribution in [-0.2, 0) is 25.7 Å². The van der Waals surface area contributed by atoms with Gasteiger partial charge in [0, 0.05) is 36.1 Å². The minimum absolute atomic E-state index is 0.990. The van der Waals surface area contributed by atoms with E-state index >= 15 is 0 Å². The molecule has 6 heteroatoms. The van der Waals surface area contributed by atoms with Gasteiger partial charge in [-0.15, -0.1) is 0 Å². The predicted molar refractivity (Wildman–Crippen MR) is 137 cm³/mol. The van der Waals surface area contributed by atoms with Gasteiger partial charge >= 0.3 is 0 Å². The minimum atomic E-state index is 0.990. The summed E-state index contributed by atoms with van der Waals surface area (Å²) in [5.74, 6) is 0. The molecule has 0 saturated heterocycles. The van der Waals surface area contributed by atoms with Crippen LogP contribution in [0.1, 0.15) is 49.9 Å². The van der Waals surface area contributed by atoms with Crippen molar-refractivity contribution in [2.24, 2.45) is 9.98 Å². The Bertz CT molecular complexity index is 793. The van der Waals surface area contributed by atoms with Crippen molar-refractivity contribution in [3.8, 4) is 0 Å². The van der Waals surface area contributed by atoms with Crippen LogP contribution in [0.5, 0.6) is 0 Å². The van der Waals surface area contributed by atoms with E-state index in [9.17, 15) is 0 Å². The Morgan fingerprint density at radius 3 is 1.40 bits per heavy atom. The molecular formula is C24H34N4S2. The van der Waals surface area contributed by atoms with Gasteiger partial charge in [-0.2, -0.15) is 0 Å². The quantitative estimate of drug-likeness (QED) is 0.162. The SMILES string of the molecule is CCc1ccc(N=CN(C)SSN(C)C=Nc2ccc(CC)cc2CC)c(CC)c1. The van der Waals surface area contributed by atoms with E-state index in [2.05, 4.69) is 74.1 Å². The average Bonchev–Trinajstić information content (AvgIpc) is 2.79. The van der Waals surface area contributed by atoms with Crippen LogP contribution in [0.4, 0.5) is 11.4 Å². The monoisotopic (exact) mass is 442 g/mol. The van der Waals surface area contributed by atoms with Gasteiger partial charge in [-0.3, -0.25) is 8.61 Å². The maximum absolute atomic E-state index is 4.68. The summed E-state index contributed by atoms with van der Waals surface area (Å²) in [5.41, 5.74) is 7.40. The largest absolute Gasteiger partial charge is 0.299 e. The highest BCUT2D eigenvalue weighted by molar-refractivity contribution is 8.75. The molecule has 0 aromatic heterocycles. The van der Waals surface area contributed by atoms with Gasteiger partial charge in [-0.25, -0.2) is 9.98 Å². The Balaban J connectivity index is 1.91. The first kappa shape index (κ1) is 24.4. The molecular weight excluding hydrogens is 408 g/mol. The molecule has 0 amide bonds.